The van der Waals surface area contributed by atoms with Gasteiger partial charge in [-0.25, -0.2) is 4.79 Å². The molecule has 2 aliphatic heterocycles. The molecular weight excluding hydrogens is 266 g/mol. The van der Waals surface area contributed by atoms with Crippen molar-refractivity contribution in [3.63, 3.8) is 0 Å². The van der Waals surface area contributed by atoms with Crippen LogP contribution in [-0.2, 0) is 4.79 Å². The monoisotopic (exact) mass is 287 g/mol. The van der Waals surface area contributed by atoms with Gasteiger partial charge >= 0.3 is 6.03 Å². The van der Waals surface area contributed by atoms with Crippen molar-refractivity contribution >= 4 is 17.6 Å². The normalized spacial score (nSPS) is 25.0. The van der Waals surface area contributed by atoms with Crippen LogP contribution >= 0.6 is 0 Å². The number of fused-ring (bicyclic) bond motifs is 1. The zero-order chi connectivity index (χ0) is 15.0. The molecule has 2 fully saturated rings. The number of rotatable bonds is 1. The summed E-state index contributed by atoms with van der Waals surface area (Å²) in [5.41, 5.74) is 0.941. The van der Waals surface area contributed by atoms with Crippen molar-refractivity contribution < 1.29 is 9.59 Å². The van der Waals surface area contributed by atoms with Crippen LogP contribution in [0.15, 0.2) is 30.3 Å². The van der Waals surface area contributed by atoms with Gasteiger partial charge in [-0.2, -0.15) is 0 Å². The number of urea groups is 1. The Morgan fingerprint density at radius 1 is 1.14 bits per heavy atom. The summed E-state index contributed by atoms with van der Waals surface area (Å²) >= 11 is 0. The molecule has 0 unspecified atom stereocenters. The summed E-state index contributed by atoms with van der Waals surface area (Å²) in [6.07, 6.45) is 2.13. The average Bonchev–Trinajstić information content (AvgIpc) is 2.90. The number of anilines is 1. The Morgan fingerprint density at radius 3 is 2.52 bits per heavy atom. The minimum absolute atomic E-state index is 0.0462. The highest BCUT2D eigenvalue weighted by molar-refractivity contribution is 5.95. The maximum atomic E-state index is 12.4. The van der Waals surface area contributed by atoms with E-state index in [0.29, 0.717) is 6.42 Å². The summed E-state index contributed by atoms with van der Waals surface area (Å²) < 4.78 is 0. The molecule has 2 atom stereocenters. The van der Waals surface area contributed by atoms with E-state index in [0.717, 1.165) is 25.1 Å². The lowest BCUT2D eigenvalue weighted by Gasteiger charge is -2.40. The third-order valence-electron chi connectivity index (χ3n) is 4.43. The number of nitrogens with zero attached hydrogens (tertiary/aromatic N) is 3. The lowest BCUT2D eigenvalue weighted by molar-refractivity contribution is -0.120. The number of amides is 3. The highest BCUT2D eigenvalue weighted by Crippen LogP contribution is 2.34. The van der Waals surface area contributed by atoms with E-state index in [1.54, 1.807) is 19.0 Å². The predicted octanol–water partition coefficient (Wildman–Crippen LogP) is 1.94. The molecule has 0 radical (unpaired) electrons. The fraction of sp³-hybridized carbons (Fsp3) is 0.500. The lowest BCUT2D eigenvalue weighted by Crippen LogP contribution is -2.54. The number of hydrogen-bond donors (Lipinski definition) is 0. The van der Waals surface area contributed by atoms with Crippen LogP contribution in [0.4, 0.5) is 10.5 Å². The second kappa shape index (κ2) is 5.39. The van der Waals surface area contributed by atoms with Gasteiger partial charge < -0.3 is 14.7 Å². The van der Waals surface area contributed by atoms with Crippen molar-refractivity contribution in [2.75, 3.05) is 25.5 Å². The van der Waals surface area contributed by atoms with Crippen molar-refractivity contribution in [1.82, 2.24) is 9.80 Å². The molecule has 3 rings (SSSR count). The molecule has 0 N–H and O–H groups in total. The topological polar surface area (TPSA) is 43.9 Å². The number of piperidine rings is 1. The first-order valence-electron chi connectivity index (χ1n) is 7.44. The van der Waals surface area contributed by atoms with E-state index in [-0.39, 0.29) is 24.0 Å². The van der Waals surface area contributed by atoms with Crippen LogP contribution in [0.5, 0.6) is 0 Å². The quantitative estimate of drug-likeness (QED) is 0.792. The molecule has 1 aromatic rings. The third-order valence-corrected chi connectivity index (χ3v) is 4.43. The summed E-state index contributed by atoms with van der Waals surface area (Å²) in [5, 5.41) is 0. The van der Waals surface area contributed by atoms with Gasteiger partial charge in [0.1, 0.15) is 0 Å². The fourth-order valence-corrected chi connectivity index (χ4v) is 3.48. The van der Waals surface area contributed by atoms with Crippen LogP contribution in [0.25, 0.3) is 0 Å². The molecule has 21 heavy (non-hydrogen) atoms. The van der Waals surface area contributed by atoms with Crippen molar-refractivity contribution in [1.29, 1.82) is 0 Å². The zero-order valence-corrected chi connectivity index (χ0v) is 12.5. The summed E-state index contributed by atoms with van der Waals surface area (Å²) in [6.45, 7) is 0.725. The molecule has 5 nitrogen and oxygen atoms in total. The van der Waals surface area contributed by atoms with Gasteiger partial charge in [-0.15, -0.1) is 0 Å². The largest absolute Gasteiger partial charge is 0.331 e. The fourth-order valence-electron chi connectivity index (χ4n) is 3.48. The minimum atomic E-state index is 0.0462. The molecule has 5 heteroatoms. The van der Waals surface area contributed by atoms with E-state index in [9.17, 15) is 9.59 Å². The molecule has 3 amide bonds. The molecule has 2 aliphatic rings. The molecule has 112 valence electrons. The number of para-hydroxylation sites is 1. The molecule has 0 aromatic heterocycles. The highest BCUT2D eigenvalue weighted by Gasteiger charge is 2.45. The summed E-state index contributed by atoms with van der Waals surface area (Å²) in [6, 6.07) is 10.1. The van der Waals surface area contributed by atoms with Gasteiger partial charge in [-0.1, -0.05) is 18.2 Å². The lowest BCUT2D eigenvalue weighted by atomic mass is 9.95. The molecule has 0 saturated carbocycles. The Kier molecular flexibility index (Phi) is 3.57. The Morgan fingerprint density at radius 2 is 1.86 bits per heavy atom. The smallest absolute Gasteiger partial charge is 0.319 e. The van der Waals surface area contributed by atoms with Crippen LogP contribution in [0.3, 0.4) is 0 Å². The Labute approximate surface area is 125 Å². The molecule has 2 saturated heterocycles. The van der Waals surface area contributed by atoms with Gasteiger partial charge in [0.15, 0.2) is 0 Å². The molecule has 2 heterocycles. The first-order chi connectivity index (χ1) is 10.1. The van der Waals surface area contributed by atoms with E-state index >= 15 is 0 Å². The Hall–Kier alpha value is -2.04. The number of carbonyl (C=O) groups is 2. The van der Waals surface area contributed by atoms with E-state index < -0.39 is 0 Å². The first-order valence-corrected chi connectivity index (χ1v) is 7.44. The maximum absolute atomic E-state index is 12.4. The predicted molar refractivity (Wildman–Crippen MR) is 81.1 cm³/mol. The Bertz CT molecular complexity index is 544. The standard InChI is InChI=1S/C16H21N3O2/c1-17(2)16(21)18-11-10-14-13(18)8-9-15(20)19(14)12-6-4-3-5-7-12/h3-7,13-14H,8-11H2,1-2H3/t13-,14+/m0/s1. The SMILES string of the molecule is CN(C)C(=O)N1CC[C@@H]2[C@@H]1CCC(=O)N2c1ccccc1. The molecule has 0 aliphatic carbocycles. The summed E-state index contributed by atoms with van der Waals surface area (Å²) in [5.74, 6) is 0.168. The second-order valence-corrected chi connectivity index (χ2v) is 5.93. The van der Waals surface area contributed by atoms with Crippen molar-refractivity contribution in [2.24, 2.45) is 0 Å². The van der Waals surface area contributed by atoms with Gasteiger partial charge in [-0.3, -0.25) is 4.79 Å². The number of hydrogen-bond acceptors (Lipinski definition) is 2. The van der Waals surface area contributed by atoms with Crippen LogP contribution in [0.1, 0.15) is 19.3 Å². The van der Waals surface area contributed by atoms with E-state index in [2.05, 4.69) is 0 Å². The molecule has 1 aromatic carbocycles. The number of likely N-dealkylation sites (tertiary alicyclic amines) is 1. The van der Waals surface area contributed by atoms with Crippen molar-refractivity contribution in [3.05, 3.63) is 30.3 Å². The number of benzene rings is 1. The number of carbonyl (C=O) groups excluding carboxylic acids is 2. The van der Waals surface area contributed by atoms with Crippen LogP contribution in [-0.4, -0.2) is 54.5 Å². The molecule has 0 spiro atoms. The minimum Gasteiger partial charge on any atom is -0.331 e. The summed E-state index contributed by atoms with van der Waals surface area (Å²) in [7, 11) is 3.55. The summed E-state index contributed by atoms with van der Waals surface area (Å²) in [4.78, 5) is 30.1. The van der Waals surface area contributed by atoms with Gasteiger partial charge in [0.2, 0.25) is 5.91 Å². The van der Waals surface area contributed by atoms with E-state index in [4.69, 9.17) is 0 Å². The van der Waals surface area contributed by atoms with Gasteiger partial charge in [0.25, 0.3) is 0 Å². The Balaban J connectivity index is 1.87. The highest BCUT2D eigenvalue weighted by atomic mass is 16.2. The van der Waals surface area contributed by atoms with Crippen molar-refractivity contribution in [2.45, 2.75) is 31.3 Å². The zero-order valence-electron chi connectivity index (χ0n) is 12.5. The third kappa shape index (κ3) is 2.37. The molecular formula is C16H21N3O2. The van der Waals surface area contributed by atoms with Crippen LogP contribution < -0.4 is 4.90 Å². The van der Waals surface area contributed by atoms with Gasteiger partial charge in [0.05, 0.1) is 12.1 Å². The first kappa shape index (κ1) is 13.9. The maximum Gasteiger partial charge on any atom is 0.319 e. The van der Waals surface area contributed by atoms with E-state index in [1.165, 1.54) is 0 Å². The van der Waals surface area contributed by atoms with Gasteiger partial charge in [-0.05, 0) is 25.0 Å². The van der Waals surface area contributed by atoms with Crippen LogP contribution in [0, 0.1) is 0 Å². The second-order valence-electron chi connectivity index (χ2n) is 5.93. The van der Waals surface area contributed by atoms with Gasteiger partial charge in [0, 0.05) is 32.7 Å². The van der Waals surface area contributed by atoms with Crippen molar-refractivity contribution in [3.8, 4) is 0 Å². The molecule has 0 bridgehead atoms. The van der Waals surface area contributed by atoms with Crippen LogP contribution in [0.2, 0.25) is 0 Å². The van der Waals surface area contributed by atoms with E-state index in [1.807, 2.05) is 40.1 Å². The average molecular weight is 287 g/mol.